The second-order valence-corrected chi connectivity index (χ2v) is 6.89. The van der Waals surface area contributed by atoms with Gasteiger partial charge in [-0.2, -0.15) is 0 Å². The van der Waals surface area contributed by atoms with Gasteiger partial charge in [-0.3, -0.25) is 5.32 Å². The zero-order valence-electron chi connectivity index (χ0n) is 12.0. The van der Waals surface area contributed by atoms with Gasteiger partial charge in [-0.15, -0.1) is 0 Å². The number of benzene rings is 1. The van der Waals surface area contributed by atoms with Crippen LogP contribution in [0.5, 0.6) is 5.75 Å². The van der Waals surface area contributed by atoms with Crippen LogP contribution in [0.15, 0.2) is 24.4 Å². The maximum atomic E-state index is 5.59. The van der Waals surface area contributed by atoms with Crippen LogP contribution in [-0.4, -0.2) is 20.3 Å². The van der Waals surface area contributed by atoms with Crippen molar-refractivity contribution in [1.82, 2.24) is 5.32 Å². The SMILES string of the molecule is COc1c(I)cc(N2C=CCNC2)cc1C(C)(C)C. The molecule has 0 fully saturated rings. The van der Waals surface area contributed by atoms with E-state index >= 15 is 0 Å². The van der Waals surface area contributed by atoms with E-state index in [9.17, 15) is 0 Å². The third-order valence-electron chi connectivity index (χ3n) is 3.20. The molecule has 104 valence electrons. The Morgan fingerprint density at radius 3 is 2.58 bits per heavy atom. The van der Waals surface area contributed by atoms with E-state index in [-0.39, 0.29) is 5.41 Å². The summed E-state index contributed by atoms with van der Waals surface area (Å²) in [5.74, 6) is 0.991. The summed E-state index contributed by atoms with van der Waals surface area (Å²) < 4.78 is 6.74. The summed E-state index contributed by atoms with van der Waals surface area (Å²) in [5.41, 5.74) is 2.52. The van der Waals surface area contributed by atoms with Crippen molar-refractivity contribution in [2.24, 2.45) is 0 Å². The Labute approximate surface area is 129 Å². The van der Waals surface area contributed by atoms with Crippen molar-refractivity contribution < 1.29 is 4.74 Å². The van der Waals surface area contributed by atoms with E-state index in [1.807, 2.05) is 0 Å². The van der Waals surface area contributed by atoms with E-state index < -0.39 is 0 Å². The lowest BCUT2D eigenvalue weighted by Crippen LogP contribution is -2.34. The first-order valence-corrected chi connectivity index (χ1v) is 7.53. The summed E-state index contributed by atoms with van der Waals surface area (Å²) in [7, 11) is 1.74. The summed E-state index contributed by atoms with van der Waals surface area (Å²) in [6, 6.07) is 4.41. The highest BCUT2D eigenvalue weighted by Gasteiger charge is 2.23. The van der Waals surface area contributed by atoms with Gasteiger partial charge in [0.1, 0.15) is 5.75 Å². The Hall–Kier alpha value is -0.750. The molecule has 0 unspecified atom stereocenters. The third-order valence-corrected chi connectivity index (χ3v) is 4.00. The molecule has 0 radical (unpaired) electrons. The number of hydrogen-bond donors (Lipinski definition) is 1. The van der Waals surface area contributed by atoms with Gasteiger partial charge >= 0.3 is 0 Å². The smallest absolute Gasteiger partial charge is 0.136 e. The molecule has 1 aliphatic rings. The maximum absolute atomic E-state index is 5.59. The van der Waals surface area contributed by atoms with Gasteiger partial charge in [0.05, 0.1) is 17.3 Å². The van der Waals surface area contributed by atoms with Crippen molar-refractivity contribution in [3.8, 4) is 5.75 Å². The average Bonchev–Trinajstić information content (AvgIpc) is 2.37. The minimum atomic E-state index is 0.0637. The van der Waals surface area contributed by atoms with Gasteiger partial charge in [0.2, 0.25) is 0 Å². The van der Waals surface area contributed by atoms with Gasteiger partial charge in [-0.25, -0.2) is 0 Å². The average molecular weight is 372 g/mol. The Bertz CT molecular complexity index is 492. The topological polar surface area (TPSA) is 24.5 Å². The maximum Gasteiger partial charge on any atom is 0.136 e. The third kappa shape index (κ3) is 3.23. The Morgan fingerprint density at radius 1 is 1.32 bits per heavy atom. The molecule has 0 saturated heterocycles. The van der Waals surface area contributed by atoms with Crippen LogP contribution < -0.4 is 15.0 Å². The zero-order chi connectivity index (χ0) is 14.0. The van der Waals surface area contributed by atoms with E-state index in [1.54, 1.807) is 7.11 Å². The van der Waals surface area contributed by atoms with Crippen LogP contribution in [0, 0.1) is 3.57 Å². The number of ether oxygens (including phenoxy) is 1. The largest absolute Gasteiger partial charge is 0.495 e. The van der Waals surface area contributed by atoms with Crippen molar-refractivity contribution >= 4 is 28.3 Å². The Morgan fingerprint density at radius 2 is 2.05 bits per heavy atom. The van der Waals surface area contributed by atoms with Crippen molar-refractivity contribution in [3.05, 3.63) is 33.5 Å². The second-order valence-electron chi connectivity index (χ2n) is 5.73. The molecule has 19 heavy (non-hydrogen) atoms. The molecule has 0 saturated carbocycles. The molecule has 0 aromatic heterocycles. The number of methoxy groups -OCH3 is 1. The molecular formula is C15H21IN2O. The highest BCUT2D eigenvalue weighted by molar-refractivity contribution is 14.1. The molecule has 1 aliphatic heterocycles. The van der Waals surface area contributed by atoms with E-state index in [4.69, 9.17) is 4.74 Å². The molecule has 0 bridgehead atoms. The minimum absolute atomic E-state index is 0.0637. The van der Waals surface area contributed by atoms with Gasteiger partial charge in [-0.1, -0.05) is 26.8 Å². The van der Waals surface area contributed by atoms with E-state index in [0.29, 0.717) is 0 Å². The molecule has 1 aromatic rings. The zero-order valence-corrected chi connectivity index (χ0v) is 14.1. The summed E-state index contributed by atoms with van der Waals surface area (Å²) in [6.45, 7) is 8.44. The van der Waals surface area contributed by atoms with Crippen LogP contribution in [-0.2, 0) is 5.41 Å². The summed E-state index contributed by atoms with van der Waals surface area (Å²) >= 11 is 2.35. The summed E-state index contributed by atoms with van der Waals surface area (Å²) in [4.78, 5) is 2.22. The first-order valence-electron chi connectivity index (χ1n) is 6.45. The number of nitrogens with one attached hydrogen (secondary N) is 1. The lowest BCUT2D eigenvalue weighted by atomic mass is 9.86. The normalized spacial score (nSPS) is 15.7. The van der Waals surface area contributed by atoms with Gasteiger partial charge in [0, 0.05) is 24.0 Å². The molecule has 1 N–H and O–H groups in total. The fourth-order valence-electron chi connectivity index (χ4n) is 2.19. The number of anilines is 1. The predicted molar refractivity (Wildman–Crippen MR) is 88.9 cm³/mol. The summed E-state index contributed by atoms with van der Waals surface area (Å²) in [5, 5.41) is 3.34. The van der Waals surface area contributed by atoms with Crippen LogP contribution in [0.1, 0.15) is 26.3 Å². The molecular weight excluding hydrogens is 351 g/mol. The Balaban J connectivity index is 2.50. The fraction of sp³-hybridized carbons (Fsp3) is 0.467. The van der Waals surface area contributed by atoms with Gasteiger partial charge in [-0.05, 0) is 40.1 Å². The minimum Gasteiger partial charge on any atom is -0.495 e. The molecule has 1 heterocycles. The molecule has 3 nitrogen and oxygen atoms in total. The first-order chi connectivity index (χ1) is 8.93. The molecule has 0 atom stereocenters. The van der Waals surface area contributed by atoms with Crippen molar-refractivity contribution in [3.63, 3.8) is 0 Å². The monoisotopic (exact) mass is 372 g/mol. The van der Waals surface area contributed by atoms with Crippen molar-refractivity contribution in [1.29, 1.82) is 0 Å². The molecule has 0 spiro atoms. The standard InChI is InChI=1S/C15H21IN2O/c1-15(2,3)12-8-11(9-13(16)14(12)19-4)18-7-5-6-17-10-18/h5,7-9,17H,6,10H2,1-4H3. The van der Waals surface area contributed by atoms with Gasteiger partial charge in [0.25, 0.3) is 0 Å². The molecule has 4 heteroatoms. The van der Waals surface area contributed by atoms with E-state index in [0.717, 1.165) is 22.5 Å². The quantitative estimate of drug-likeness (QED) is 0.805. The van der Waals surface area contributed by atoms with Crippen LogP contribution in [0.2, 0.25) is 0 Å². The van der Waals surface area contributed by atoms with Crippen molar-refractivity contribution in [2.75, 3.05) is 25.2 Å². The number of nitrogens with zero attached hydrogens (tertiary/aromatic N) is 1. The van der Waals surface area contributed by atoms with Crippen LogP contribution in [0.25, 0.3) is 0 Å². The fourth-order valence-corrected chi connectivity index (χ4v) is 3.02. The van der Waals surface area contributed by atoms with Crippen LogP contribution in [0.3, 0.4) is 0 Å². The van der Waals surface area contributed by atoms with Gasteiger partial charge < -0.3 is 9.64 Å². The molecule has 1 aromatic carbocycles. The highest BCUT2D eigenvalue weighted by Crippen LogP contribution is 2.38. The highest BCUT2D eigenvalue weighted by atomic mass is 127. The van der Waals surface area contributed by atoms with Crippen molar-refractivity contribution in [2.45, 2.75) is 26.2 Å². The van der Waals surface area contributed by atoms with Crippen LogP contribution >= 0.6 is 22.6 Å². The van der Waals surface area contributed by atoms with Gasteiger partial charge in [0.15, 0.2) is 0 Å². The van der Waals surface area contributed by atoms with E-state index in [1.165, 1.54) is 11.3 Å². The number of halogens is 1. The number of hydrogen-bond acceptors (Lipinski definition) is 3. The summed E-state index contributed by atoms with van der Waals surface area (Å²) in [6.07, 6.45) is 4.28. The molecule has 2 rings (SSSR count). The Kier molecular flexibility index (Phi) is 4.40. The molecule has 0 aliphatic carbocycles. The number of rotatable bonds is 2. The second kappa shape index (κ2) is 5.71. The first kappa shape index (κ1) is 14.7. The lowest BCUT2D eigenvalue weighted by molar-refractivity contribution is 0.394. The molecule has 0 amide bonds. The van der Waals surface area contributed by atoms with Crippen LogP contribution in [0.4, 0.5) is 5.69 Å². The van der Waals surface area contributed by atoms with E-state index in [2.05, 4.69) is 78.0 Å². The predicted octanol–water partition coefficient (Wildman–Crippen LogP) is 3.48. The lowest BCUT2D eigenvalue weighted by Gasteiger charge is -2.29.